The summed E-state index contributed by atoms with van der Waals surface area (Å²) in [4.78, 5) is 8.53. The van der Waals surface area contributed by atoms with Crippen LogP contribution < -0.4 is 10.6 Å². The number of nitrogens with one attached hydrogen (secondary N) is 2. The van der Waals surface area contributed by atoms with Crippen molar-refractivity contribution in [1.29, 1.82) is 0 Å². The van der Waals surface area contributed by atoms with Crippen LogP contribution in [0.4, 0.5) is 17.3 Å². The average molecular weight is 272 g/mol. The first-order valence-electron chi connectivity index (χ1n) is 6.65. The van der Waals surface area contributed by atoms with Gasteiger partial charge in [0.15, 0.2) is 0 Å². The maximum Gasteiger partial charge on any atom is 0.138 e. The molecule has 0 radical (unpaired) electrons. The van der Waals surface area contributed by atoms with Crippen LogP contribution >= 0.6 is 0 Å². The second-order valence-electron chi connectivity index (χ2n) is 4.48. The Morgan fingerprint density at radius 2 is 2.00 bits per heavy atom. The van der Waals surface area contributed by atoms with Gasteiger partial charge in [0.2, 0.25) is 0 Å². The van der Waals surface area contributed by atoms with Crippen LogP contribution in [0.1, 0.15) is 18.1 Å². The van der Waals surface area contributed by atoms with Crippen molar-refractivity contribution in [3.8, 4) is 0 Å². The van der Waals surface area contributed by atoms with Crippen LogP contribution in [0.3, 0.4) is 0 Å². The van der Waals surface area contributed by atoms with Crippen molar-refractivity contribution in [2.75, 3.05) is 24.3 Å². The molecule has 1 heterocycles. The van der Waals surface area contributed by atoms with Crippen LogP contribution in [-0.4, -0.2) is 23.6 Å². The third-order valence-corrected chi connectivity index (χ3v) is 2.93. The van der Waals surface area contributed by atoms with E-state index in [9.17, 15) is 0 Å². The summed E-state index contributed by atoms with van der Waals surface area (Å²) in [5.41, 5.74) is 3.12. The lowest BCUT2D eigenvalue weighted by Crippen LogP contribution is -2.05. The zero-order chi connectivity index (χ0) is 14.4. The highest BCUT2D eigenvalue weighted by molar-refractivity contribution is 5.64. The van der Waals surface area contributed by atoms with Crippen LogP contribution in [0.15, 0.2) is 30.6 Å². The molecule has 0 unspecified atom stereocenters. The second-order valence-corrected chi connectivity index (χ2v) is 4.48. The Kier molecular flexibility index (Phi) is 4.90. The number of methoxy groups -OCH3 is 1. The molecule has 0 amide bonds. The topological polar surface area (TPSA) is 59.1 Å². The molecule has 0 aliphatic rings. The predicted octanol–water partition coefficient (Wildman–Crippen LogP) is 3.11. The molecule has 0 saturated carbocycles. The van der Waals surface area contributed by atoms with E-state index in [2.05, 4.69) is 26.7 Å². The van der Waals surface area contributed by atoms with Crippen molar-refractivity contribution in [2.24, 2.45) is 0 Å². The summed E-state index contributed by atoms with van der Waals surface area (Å²) in [7, 11) is 1.69. The maximum atomic E-state index is 5.14. The molecule has 5 nitrogen and oxygen atoms in total. The number of nitrogens with zero attached hydrogens (tertiary/aromatic N) is 2. The molecular formula is C15H20N4O. The van der Waals surface area contributed by atoms with Gasteiger partial charge < -0.3 is 15.4 Å². The van der Waals surface area contributed by atoms with Crippen LogP contribution in [0.25, 0.3) is 0 Å². The van der Waals surface area contributed by atoms with Gasteiger partial charge in [-0.05, 0) is 31.5 Å². The molecule has 20 heavy (non-hydrogen) atoms. The van der Waals surface area contributed by atoms with Gasteiger partial charge >= 0.3 is 0 Å². The van der Waals surface area contributed by atoms with Gasteiger partial charge in [-0.25, -0.2) is 9.97 Å². The third-order valence-electron chi connectivity index (χ3n) is 2.93. The van der Waals surface area contributed by atoms with Crippen molar-refractivity contribution < 1.29 is 4.74 Å². The van der Waals surface area contributed by atoms with Gasteiger partial charge in [0.1, 0.15) is 18.0 Å². The Bertz CT molecular complexity index is 572. The lowest BCUT2D eigenvalue weighted by molar-refractivity contribution is 0.185. The number of aromatic nitrogens is 2. The molecule has 0 bridgehead atoms. The predicted molar refractivity (Wildman–Crippen MR) is 81.4 cm³/mol. The smallest absolute Gasteiger partial charge is 0.138 e. The number of anilines is 3. The van der Waals surface area contributed by atoms with E-state index in [4.69, 9.17) is 4.74 Å². The van der Waals surface area contributed by atoms with Crippen molar-refractivity contribution >= 4 is 17.3 Å². The quantitative estimate of drug-likeness (QED) is 0.846. The molecule has 0 aliphatic carbocycles. The first kappa shape index (κ1) is 14.3. The Morgan fingerprint density at radius 3 is 2.75 bits per heavy atom. The lowest BCUT2D eigenvalue weighted by Gasteiger charge is -2.12. The van der Waals surface area contributed by atoms with E-state index >= 15 is 0 Å². The van der Waals surface area contributed by atoms with Gasteiger partial charge in [-0.3, -0.25) is 0 Å². The van der Waals surface area contributed by atoms with Crippen LogP contribution in [0.5, 0.6) is 0 Å². The van der Waals surface area contributed by atoms with E-state index < -0.39 is 0 Å². The molecule has 0 fully saturated rings. The van der Waals surface area contributed by atoms with Crippen molar-refractivity contribution in [3.05, 3.63) is 41.7 Å². The van der Waals surface area contributed by atoms with E-state index in [-0.39, 0.29) is 0 Å². The van der Waals surface area contributed by atoms with E-state index in [1.54, 1.807) is 13.4 Å². The number of ether oxygens (including phenoxy) is 1. The zero-order valence-electron chi connectivity index (χ0n) is 12.1. The van der Waals surface area contributed by atoms with Crippen molar-refractivity contribution in [2.45, 2.75) is 20.5 Å². The monoisotopic (exact) mass is 272 g/mol. The summed E-state index contributed by atoms with van der Waals surface area (Å²) < 4.78 is 5.14. The number of rotatable bonds is 6. The Hall–Kier alpha value is -2.14. The molecule has 0 saturated heterocycles. The summed E-state index contributed by atoms with van der Waals surface area (Å²) in [6.07, 6.45) is 1.56. The largest absolute Gasteiger partial charge is 0.380 e. The molecule has 1 aromatic heterocycles. The fourth-order valence-electron chi connectivity index (χ4n) is 1.96. The standard InChI is InChI=1S/C15H20N4O/c1-4-16-14-11(2)15(18-10-17-14)19-13-7-5-6-12(8-13)9-20-3/h5-8,10H,4,9H2,1-3H3,(H2,16,17,18,19). The van der Waals surface area contributed by atoms with Crippen LogP contribution in [-0.2, 0) is 11.3 Å². The van der Waals surface area contributed by atoms with Gasteiger partial charge in [-0.2, -0.15) is 0 Å². The van der Waals surface area contributed by atoms with Crippen molar-refractivity contribution in [3.63, 3.8) is 0 Å². The molecule has 0 spiro atoms. The highest BCUT2D eigenvalue weighted by atomic mass is 16.5. The number of benzene rings is 1. The minimum absolute atomic E-state index is 0.598. The molecule has 106 valence electrons. The molecule has 0 aliphatic heterocycles. The fourth-order valence-corrected chi connectivity index (χ4v) is 1.96. The van der Waals surface area contributed by atoms with Gasteiger partial charge in [0.25, 0.3) is 0 Å². The SMILES string of the molecule is CCNc1ncnc(Nc2cccc(COC)c2)c1C. The molecule has 2 rings (SSSR count). The molecule has 2 aromatic rings. The highest BCUT2D eigenvalue weighted by Gasteiger charge is 2.06. The normalized spacial score (nSPS) is 10.3. The second kappa shape index (κ2) is 6.86. The highest BCUT2D eigenvalue weighted by Crippen LogP contribution is 2.22. The summed E-state index contributed by atoms with van der Waals surface area (Å²) in [6, 6.07) is 8.09. The van der Waals surface area contributed by atoms with Gasteiger partial charge in [0, 0.05) is 24.9 Å². The van der Waals surface area contributed by atoms with Gasteiger partial charge in [-0.1, -0.05) is 12.1 Å². The summed E-state index contributed by atoms with van der Waals surface area (Å²) in [6.45, 7) is 5.48. The summed E-state index contributed by atoms with van der Waals surface area (Å²) >= 11 is 0. The minimum Gasteiger partial charge on any atom is -0.380 e. The van der Waals surface area contributed by atoms with E-state index in [1.807, 2.05) is 32.0 Å². The van der Waals surface area contributed by atoms with E-state index in [0.717, 1.165) is 35.0 Å². The van der Waals surface area contributed by atoms with Gasteiger partial charge in [0.05, 0.1) is 6.61 Å². The Morgan fingerprint density at radius 1 is 1.20 bits per heavy atom. The van der Waals surface area contributed by atoms with Crippen molar-refractivity contribution in [1.82, 2.24) is 9.97 Å². The lowest BCUT2D eigenvalue weighted by atomic mass is 10.2. The summed E-state index contributed by atoms with van der Waals surface area (Å²) in [5.74, 6) is 1.67. The third kappa shape index (κ3) is 3.45. The fraction of sp³-hybridized carbons (Fsp3) is 0.333. The van der Waals surface area contributed by atoms with E-state index in [1.165, 1.54) is 0 Å². The molecule has 5 heteroatoms. The summed E-state index contributed by atoms with van der Waals surface area (Å²) in [5, 5.41) is 6.55. The zero-order valence-corrected chi connectivity index (χ0v) is 12.1. The van der Waals surface area contributed by atoms with E-state index in [0.29, 0.717) is 6.61 Å². The van der Waals surface area contributed by atoms with Gasteiger partial charge in [-0.15, -0.1) is 0 Å². The first-order valence-corrected chi connectivity index (χ1v) is 6.65. The van der Waals surface area contributed by atoms with Crippen LogP contribution in [0.2, 0.25) is 0 Å². The minimum atomic E-state index is 0.598. The number of hydrogen-bond donors (Lipinski definition) is 2. The van der Waals surface area contributed by atoms with Crippen LogP contribution in [0, 0.1) is 6.92 Å². The molecule has 2 N–H and O–H groups in total. The Balaban J connectivity index is 2.21. The molecule has 1 aromatic carbocycles. The number of hydrogen-bond acceptors (Lipinski definition) is 5. The average Bonchev–Trinajstić information content (AvgIpc) is 2.44. The Labute approximate surface area is 119 Å². The molecular weight excluding hydrogens is 252 g/mol. The first-order chi connectivity index (χ1) is 9.74. The maximum absolute atomic E-state index is 5.14. The molecule has 0 atom stereocenters.